The van der Waals surface area contributed by atoms with Crippen molar-refractivity contribution in [3.05, 3.63) is 58.7 Å². The minimum atomic E-state index is -3.73. The standard InChI is InChI=1S/C37H47F2N9O5S/c1-3-28-30(39)7-6-24-14-27(53-23-51-2)16-32(34(24)28)45-13-8-29-31(20-45)42-36(52-21-37-9-4-11-47(37)18-25(38)17-37)43-35(29)46-10-5-12-48-26(19-46)15-33(44-48)41-22-54(40,49)50/h6-7,14-16,25H,3-5,8-13,17-23H2,1-2H3,(H,41,44)(H2,40,49,50)/t25-,37+/m1/s1. The zero-order valence-corrected chi connectivity index (χ0v) is 31.5. The highest BCUT2D eigenvalue weighted by molar-refractivity contribution is 7.89. The molecule has 6 heterocycles. The average Bonchev–Trinajstić information content (AvgIpc) is 3.77. The minimum absolute atomic E-state index is 0.0768. The third kappa shape index (κ3) is 7.25. The zero-order valence-electron chi connectivity index (χ0n) is 30.7. The van der Waals surface area contributed by atoms with E-state index < -0.39 is 22.1 Å². The second-order valence-electron chi connectivity index (χ2n) is 14.8. The van der Waals surface area contributed by atoms with Crippen LogP contribution in [0.4, 0.5) is 26.1 Å². The van der Waals surface area contributed by atoms with Crippen LogP contribution in [0.1, 0.15) is 55.1 Å². The van der Waals surface area contributed by atoms with Gasteiger partial charge in [0.1, 0.15) is 41.9 Å². The molecule has 8 rings (SSSR count). The fourth-order valence-corrected chi connectivity index (χ4v) is 9.09. The molecule has 54 heavy (non-hydrogen) atoms. The Morgan fingerprint density at radius 3 is 2.74 bits per heavy atom. The first-order chi connectivity index (χ1) is 26.0. The molecule has 4 aliphatic rings. The molecule has 2 aromatic heterocycles. The molecule has 14 nitrogen and oxygen atoms in total. The molecule has 3 N–H and O–H groups in total. The van der Waals surface area contributed by atoms with Crippen LogP contribution in [0, 0.1) is 5.82 Å². The van der Waals surface area contributed by atoms with Crippen molar-refractivity contribution in [3.63, 3.8) is 0 Å². The van der Waals surface area contributed by atoms with E-state index in [9.17, 15) is 12.8 Å². The first kappa shape index (κ1) is 36.6. The van der Waals surface area contributed by atoms with Crippen LogP contribution >= 0.6 is 0 Å². The van der Waals surface area contributed by atoms with Gasteiger partial charge < -0.3 is 29.3 Å². The second-order valence-corrected chi connectivity index (χ2v) is 16.4. The second kappa shape index (κ2) is 14.7. The summed E-state index contributed by atoms with van der Waals surface area (Å²) >= 11 is 0. The van der Waals surface area contributed by atoms with E-state index >= 15 is 4.39 Å². The van der Waals surface area contributed by atoms with Gasteiger partial charge in [-0.3, -0.25) is 9.58 Å². The average molecular weight is 768 g/mol. The fourth-order valence-electron chi connectivity index (χ4n) is 8.74. The van der Waals surface area contributed by atoms with Crippen molar-refractivity contribution in [2.45, 2.75) is 76.8 Å². The van der Waals surface area contributed by atoms with E-state index in [2.05, 4.69) is 25.1 Å². The molecule has 0 amide bonds. The van der Waals surface area contributed by atoms with Crippen molar-refractivity contribution in [2.24, 2.45) is 5.14 Å². The largest absolute Gasteiger partial charge is 0.467 e. The topological polar surface area (TPSA) is 153 Å². The highest BCUT2D eigenvalue weighted by Gasteiger charge is 2.49. The van der Waals surface area contributed by atoms with Crippen molar-refractivity contribution in [1.29, 1.82) is 0 Å². The van der Waals surface area contributed by atoms with Gasteiger partial charge in [-0.05, 0) is 61.7 Å². The molecule has 2 fully saturated rings. The van der Waals surface area contributed by atoms with Gasteiger partial charge in [0.25, 0.3) is 0 Å². The van der Waals surface area contributed by atoms with Gasteiger partial charge in [-0.25, -0.2) is 22.3 Å². The van der Waals surface area contributed by atoms with Gasteiger partial charge in [-0.1, -0.05) is 13.0 Å². The maximum absolute atomic E-state index is 15.3. The van der Waals surface area contributed by atoms with Crippen LogP contribution in [0.2, 0.25) is 0 Å². The van der Waals surface area contributed by atoms with Gasteiger partial charge in [-0.2, -0.15) is 15.1 Å². The van der Waals surface area contributed by atoms with Gasteiger partial charge in [0.15, 0.2) is 6.79 Å². The summed E-state index contributed by atoms with van der Waals surface area (Å²) < 4.78 is 72.6. The molecule has 0 saturated carbocycles. The fraction of sp³-hybridized carbons (Fsp3) is 0.541. The quantitative estimate of drug-likeness (QED) is 0.200. The third-order valence-corrected chi connectivity index (χ3v) is 11.7. The minimum Gasteiger partial charge on any atom is -0.467 e. The predicted molar refractivity (Wildman–Crippen MR) is 201 cm³/mol. The third-order valence-electron chi connectivity index (χ3n) is 11.2. The number of nitrogens with one attached hydrogen (secondary N) is 1. The highest BCUT2D eigenvalue weighted by Crippen LogP contribution is 2.42. The number of fused-ring (bicyclic) bond motifs is 4. The van der Waals surface area contributed by atoms with Crippen LogP contribution in [-0.2, 0) is 47.2 Å². The molecule has 0 aliphatic carbocycles. The van der Waals surface area contributed by atoms with E-state index in [0.29, 0.717) is 82.3 Å². The number of methoxy groups -OCH3 is 1. The lowest BCUT2D eigenvalue weighted by atomic mass is 9.95. The summed E-state index contributed by atoms with van der Waals surface area (Å²) in [5.74, 6) is 1.14. The van der Waals surface area contributed by atoms with Crippen LogP contribution in [0.25, 0.3) is 10.8 Å². The lowest BCUT2D eigenvalue weighted by Gasteiger charge is -2.35. The first-order valence-corrected chi connectivity index (χ1v) is 20.3. The number of nitrogens with zero attached hydrogens (tertiary/aromatic N) is 7. The van der Waals surface area contributed by atoms with E-state index in [1.165, 1.54) is 6.07 Å². The number of hydrogen-bond donors (Lipinski definition) is 2. The van der Waals surface area contributed by atoms with E-state index in [4.69, 9.17) is 29.3 Å². The molecule has 0 unspecified atom stereocenters. The van der Waals surface area contributed by atoms with Gasteiger partial charge in [-0.15, -0.1) is 0 Å². The zero-order chi connectivity index (χ0) is 37.6. The Bertz CT molecular complexity index is 2150. The van der Waals surface area contributed by atoms with Crippen molar-refractivity contribution in [3.8, 4) is 11.8 Å². The molecule has 0 spiro atoms. The summed E-state index contributed by atoms with van der Waals surface area (Å²) in [5, 5.41) is 14.3. The number of sulfonamides is 1. The number of rotatable bonds is 12. The van der Waals surface area contributed by atoms with Gasteiger partial charge in [0.05, 0.1) is 30.0 Å². The number of benzene rings is 2. The summed E-state index contributed by atoms with van der Waals surface area (Å²) in [4.78, 5) is 16.7. The Balaban J connectivity index is 1.16. The SMILES string of the molecule is CCc1c(F)ccc2cc(OCOC)cc(N3CCc4c(nc(OC[C@@]56CCCN5C[C@H](F)C6)nc4N4CCCn5nc(NCS(N)(=O)=O)cc5C4)C3)c12. The maximum atomic E-state index is 15.3. The van der Waals surface area contributed by atoms with Crippen molar-refractivity contribution >= 4 is 38.1 Å². The molecular weight excluding hydrogens is 721 g/mol. The van der Waals surface area contributed by atoms with Crippen molar-refractivity contribution in [1.82, 2.24) is 24.6 Å². The number of hydrogen-bond acceptors (Lipinski definition) is 12. The van der Waals surface area contributed by atoms with Crippen molar-refractivity contribution in [2.75, 3.05) is 67.7 Å². The Hall–Kier alpha value is -4.32. The molecule has 2 atom stereocenters. The number of alkyl halides is 1. The number of anilines is 3. The number of nitrogens with two attached hydrogens (primary N) is 1. The summed E-state index contributed by atoms with van der Waals surface area (Å²) in [6, 6.07) is 9.23. The molecule has 2 saturated heterocycles. The lowest BCUT2D eigenvalue weighted by molar-refractivity contribution is 0.0512. The van der Waals surface area contributed by atoms with E-state index in [1.54, 1.807) is 13.2 Å². The molecule has 4 aromatic rings. The van der Waals surface area contributed by atoms with Gasteiger partial charge >= 0.3 is 6.01 Å². The highest BCUT2D eigenvalue weighted by atomic mass is 32.2. The van der Waals surface area contributed by atoms with Crippen LogP contribution in [0.15, 0.2) is 30.3 Å². The Labute approximate surface area is 313 Å². The van der Waals surface area contributed by atoms with Crippen LogP contribution in [0.5, 0.6) is 11.8 Å². The van der Waals surface area contributed by atoms with Crippen molar-refractivity contribution < 1.29 is 31.4 Å². The van der Waals surface area contributed by atoms with E-state index in [1.807, 2.05) is 29.8 Å². The Morgan fingerprint density at radius 1 is 1.06 bits per heavy atom. The summed E-state index contributed by atoms with van der Waals surface area (Å²) in [7, 11) is -2.16. The Morgan fingerprint density at radius 2 is 1.93 bits per heavy atom. The van der Waals surface area contributed by atoms with Crippen LogP contribution in [0.3, 0.4) is 0 Å². The molecule has 17 heteroatoms. The molecule has 0 bridgehead atoms. The molecule has 0 radical (unpaired) electrons. The number of aromatic nitrogens is 4. The molecule has 290 valence electrons. The maximum Gasteiger partial charge on any atom is 0.318 e. The van der Waals surface area contributed by atoms with Crippen LogP contribution in [-0.4, -0.2) is 97.3 Å². The predicted octanol–water partition coefficient (Wildman–Crippen LogP) is 4.10. The first-order valence-electron chi connectivity index (χ1n) is 18.6. The normalized spacial score (nSPS) is 21.5. The number of aryl methyl sites for hydroxylation is 2. The molecule has 2 aromatic carbocycles. The molecule has 4 aliphatic heterocycles. The number of ether oxygens (including phenoxy) is 3. The van der Waals surface area contributed by atoms with Gasteiger partial charge in [0.2, 0.25) is 10.0 Å². The Kier molecular flexibility index (Phi) is 10.00. The number of primary sulfonamides is 1. The monoisotopic (exact) mass is 767 g/mol. The smallest absolute Gasteiger partial charge is 0.318 e. The van der Waals surface area contributed by atoms with E-state index in [-0.39, 0.29) is 24.2 Å². The summed E-state index contributed by atoms with van der Waals surface area (Å²) in [6.45, 7) is 6.45. The van der Waals surface area contributed by atoms with E-state index in [0.717, 1.165) is 65.0 Å². The lowest BCUT2D eigenvalue weighted by Crippen LogP contribution is -2.43. The summed E-state index contributed by atoms with van der Waals surface area (Å²) in [5.41, 5.74) is 3.81. The number of halogens is 2. The van der Waals surface area contributed by atoms with Crippen LogP contribution < -0.4 is 29.7 Å². The molecular formula is C37H47F2N9O5S. The van der Waals surface area contributed by atoms with Gasteiger partial charge in [0, 0.05) is 68.5 Å². The summed E-state index contributed by atoms with van der Waals surface area (Å²) in [6.07, 6.45) is 3.31.